The lowest BCUT2D eigenvalue weighted by Gasteiger charge is -2.33. The lowest BCUT2D eigenvalue weighted by atomic mass is 9.80. The van der Waals surface area contributed by atoms with Gasteiger partial charge in [-0.25, -0.2) is 4.79 Å². The van der Waals surface area contributed by atoms with Crippen molar-refractivity contribution < 1.29 is 14.3 Å². The number of amides is 1. The average Bonchev–Trinajstić information content (AvgIpc) is 2.23. The number of hydrogen-bond acceptors (Lipinski definition) is 3. The summed E-state index contributed by atoms with van der Waals surface area (Å²) in [4.78, 5) is 23.8. The predicted molar refractivity (Wildman–Crippen MR) is 86.3 cm³/mol. The van der Waals surface area contributed by atoms with E-state index in [2.05, 4.69) is 11.4 Å². The number of nitrogens with one attached hydrogen (secondary N) is 1. The van der Waals surface area contributed by atoms with Crippen LogP contribution in [-0.2, 0) is 9.53 Å². The first-order valence-electron chi connectivity index (χ1n) is 7.54. The van der Waals surface area contributed by atoms with E-state index in [0.717, 1.165) is 5.57 Å². The second-order valence-corrected chi connectivity index (χ2v) is 7.34. The first-order valence-corrected chi connectivity index (χ1v) is 7.54. The normalized spacial score (nSPS) is 13.3. The molecule has 0 radical (unpaired) electrons. The Balaban J connectivity index is 5.11. The van der Waals surface area contributed by atoms with Gasteiger partial charge >= 0.3 is 6.09 Å². The first-order chi connectivity index (χ1) is 9.37. The second kappa shape index (κ2) is 7.62. The molecule has 21 heavy (non-hydrogen) atoms. The van der Waals surface area contributed by atoms with E-state index in [4.69, 9.17) is 4.74 Å². The summed E-state index contributed by atoms with van der Waals surface area (Å²) in [5.41, 5.74) is 0.282. The average molecular weight is 297 g/mol. The van der Waals surface area contributed by atoms with E-state index in [0.29, 0.717) is 12.8 Å². The molecule has 0 aliphatic rings. The fourth-order valence-electron chi connectivity index (χ4n) is 2.17. The van der Waals surface area contributed by atoms with Crippen LogP contribution in [0.25, 0.3) is 0 Å². The Morgan fingerprint density at radius 1 is 1.14 bits per heavy atom. The highest BCUT2D eigenvalue weighted by Gasteiger charge is 2.31. The maximum Gasteiger partial charge on any atom is 0.407 e. The summed E-state index contributed by atoms with van der Waals surface area (Å²) < 4.78 is 5.30. The molecule has 0 saturated heterocycles. The van der Waals surface area contributed by atoms with Crippen LogP contribution in [0, 0.1) is 5.41 Å². The van der Waals surface area contributed by atoms with Crippen LogP contribution in [0.1, 0.15) is 68.2 Å². The van der Waals surface area contributed by atoms with Gasteiger partial charge in [-0.1, -0.05) is 32.4 Å². The molecule has 1 N–H and O–H groups in total. The lowest BCUT2D eigenvalue weighted by molar-refractivity contribution is -0.119. The zero-order valence-electron chi connectivity index (χ0n) is 14.8. The molecule has 0 aliphatic carbocycles. The molecule has 1 unspecified atom stereocenters. The Kier molecular flexibility index (Phi) is 7.14. The van der Waals surface area contributed by atoms with Crippen molar-refractivity contribution >= 4 is 11.9 Å². The topological polar surface area (TPSA) is 55.4 Å². The third-order valence-electron chi connectivity index (χ3n) is 3.08. The number of ketones is 1. The summed E-state index contributed by atoms with van der Waals surface area (Å²) in [5.74, 6) is 0.131. The molecule has 1 amide bonds. The number of carbonyl (C=O) groups is 2. The number of carbonyl (C=O) groups excluding carboxylic acids is 2. The van der Waals surface area contributed by atoms with Gasteiger partial charge in [-0.2, -0.15) is 0 Å². The van der Waals surface area contributed by atoms with Gasteiger partial charge in [-0.3, -0.25) is 4.79 Å². The van der Waals surface area contributed by atoms with Gasteiger partial charge in [0.05, 0.1) is 0 Å². The minimum absolute atomic E-state index is 0.131. The summed E-state index contributed by atoms with van der Waals surface area (Å²) in [5, 5.41) is 2.86. The van der Waals surface area contributed by atoms with E-state index >= 15 is 0 Å². The number of ether oxygens (including phenoxy) is 1. The molecule has 0 aliphatic heterocycles. The Morgan fingerprint density at radius 3 is 2.05 bits per heavy atom. The minimum Gasteiger partial charge on any atom is -0.444 e. The van der Waals surface area contributed by atoms with E-state index in [-0.39, 0.29) is 17.2 Å². The predicted octanol–water partition coefficient (Wildman–Crippen LogP) is 4.24. The molecule has 0 aromatic rings. The Hall–Kier alpha value is -1.32. The van der Waals surface area contributed by atoms with Gasteiger partial charge in [0.15, 0.2) is 0 Å². The fraction of sp³-hybridized carbons (Fsp3) is 0.765. The third kappa shape index (κ3) is 8.53. The summed E-state index contributed by atoms with van der Waals surface area (Å²) in [6.07, 6.45) is 2.38. The van der Waals surface area contributed by atoms with Gasteiger partial charge in [0.25, 0.3) is 0 Å². The molecule has 0 fully saturated rings. The summed E-state index contributed by atoms with van der Waals surface area (Å²) in [7, 11) is 0. The second-order valence-electron chi connectivity index (χ2n) is 7.34. The van der Waals surface area contributed by atoms with Crippen LogP contribution in [0.15, 0.2) is 11.6 Å². The smallest absolute Gasteiger partial charge is 0.407 e. The molecule has 0 aromatic heterocycles. The standard InChI is InChI=1S/C17H31NO3/c1-9-13(19)10-14(17(7,8)11-12(2)3)18-15(20)21-16(4,5)6/h11,14H,9-10H2,1-8H3,(H,18,20). The Bertz CT molecular complexity index is 399. The first kappa shape index (κ1) is 19.7. The van der Waals surface area contributed by atoms with E-state index < -0.39 is 11.7 Å². The van der Waals surface area contributed by atoms with Crippen molar-refractivity contribution in [1.82, 2.24) is 5.32 Å². The zero-order chi connectivity index (χ0) is 16.8. The molecule has 0 rings (SSSR count). The van der Waals surface area contributed by atoms with E-state index in [1.165, 1.54) is 0 Å². The Labute approximate surface area is 129 Å². The summed E-state index contributed by atoms with van der Waals surface area (Å²) in [6.45, 7) is 15.3. The summed E-state index contributed by atoms with van der Waals surface area (Å²) in [6, 6.07) is -0.283. The van der Waals surface area contributed by atoms with Crippen molar-refractivity contribution in [2.75, 3.05) is 0 Å². The highest BCUT2D eigenvalue weighted by molar-refractivity contribution is 5.79. The van der Waals surface area contributed by atoms with E-state index in [1.54, 1.807) is 0 Å². The summed E-state index contributed by atoms with van der Waals surface area (Å²) >= 11 is 0. The van der Waals surface area contributed by atoms with Crippen molar-refractivity contribution in [3.63, 3.8) is 0 Å². The number of Topliss-reactive ketones (excluding diaryl/α,β-unsaturated/α-hetero) is 1. The quantitative estimate of drug-likeness (QED) is 0.746. The molecule has 0 saturated carbocycles. The van der Waals surface area contributed by atoms with Gasteiger partial charge in [-0.05, 0) is 34.6 Å². The van der Waals surface area contributed by atoms with Crippen molar-refractivity contribution in [2.24, 2.45) is 5.41 Å². The van der Waals surface area contributed by atoms with Crippen molar-refractivity contribution in [1.29, 1.82) is 0 Å². The number of rotatable bonds is 6. The molecule has 0 heterocycles. The SMILES string of the molecule is CCC(=O)CC(NC(=O)OC(C)(C)C)C(C)(C)C=C(C)C. The van der Waals surface area contributed by atoms with Gasteiger partial charge in [0.1, 0.15) is 11.4 Å². The maximum absolute atomic E-state index is 12.0. The number of hydrogen-bond donors (Lipinski definition) is 1. The highest BCUT2D eigenvalue weighted by atomic mass is 16.6. The van der Waals surface area contributed by atoms with Crippen LogP contribution >= 0.6 is 0 Å². The fourth-order valence-corrected chi connectivity index (χ4v) is 2.17. The van der Waals surface area contributed by atoms with Crippen molar-refractivity contribution in [3.05, 3.63) is 11.6 Å². The molecule has 0 bridgehead atoms. The van der Waals surface area contributed by atoms with Crippen LogP contribution < -0.4 is 5.32 Å². The molecular weight excluding hydrogens is 266 g/mol. The van der Waals surface area contributed by atoms with E-state index in [9.17, 15) is 9.59 Å². The maximum atomic E-state index is 12.0. The van der Waals surface area contributed by atoms with Gasteiger partial charge in [0.2, 0.25) is 0 Å². The molecule has 0 spiro atoms. The third-order valence-corrected chi connectivity index (χ3v) is 3.08. The van der Waals surface area contributed by atoms with Gasteiger partial charge in [0, 0.05) is 24.3 Å². The van der Waals surface area contributed by atoms with Crippen LogP contribution in [0.5, 0.6) is 0 Å². The van der Waals surface area contributed by atoms with E-state index in [1.807, 2.05) is 55.4 Å². The molecule has 4 heteroatoms. The molecular formula is C17H31NO3. The Morgan fingerprint density at radius 2 is 1.67 bits per heavy atom. The lowest BCUT2D eigenvalue weighted by Crippen LogP contribution is -2.47. The highest BCUT2D eigenvalue weighted by Crippen LogP contribution is 2.27. The molecule has 122 valence electrons. The van der Waals surface area contributed by atoms with Crippen LogP contribution in [0.2, 0.25) is 0 Å². The van der Waals surface area contributed by atoms with Crippen molar-refractivity contribution in [2.45, 2.75) is 79.9 Å². The molecule has 0 aromatic carbocycles. The van der Waals surface area contributed by atoms with Gasteiger partial charge < -0.3 is 10.1 Å². The molecule has 4 nitrogen and oxygen atoms in total. The number of allylic oxidation sites excluding steroid dienone is 1. The van der Waals surface area contributed by atoms with Crippen LogP contribution in [0.4, 0.5) is 4.79 Å². The van der Waals surface area contributed by atoms with Crippen LogP contribution in [-0.4, -0.2) is 23.5 Å². The van der Waals surface area contributed by atoms with Crippen molar-refractivity contribution in [3.8, 4) is 0 Å². The zero-order valence-corrected chi connectivity index (χ0v) is 14.8. The van der Waals surface area contributed by atoms with Gasteiger partial charge in [-0.15, -0.1) is 0 Å². The minimum atomic E-state index is -0.552. The monoisotopic (exact) mass is 297 g/mol. The van der Waals surface area contributed by atoms with Crippen LogP contribution in [0.3, 0.4) is 0 Å². The number of alkyl carbamates (subject to hydrolysis) is 1. The molecule has 1 atom stereocenters. The largest absolute Gasteiger partial charge is 0.444 e.